The third-order valence-electron chi connectivity index (χ3n) is 3.61. The van der Waals surface area contributed by atoms with Crippen LogP contribution in [0.25, 0.3) is 10.9 Å². The van der Waals surface area contributed by atoms with Gasteiger partial charge in [0.25, 0.3) is 5.56 Å². The molecule has 1 aromatic carbocycles. The van der Waals surface area contributed by atoms with Gasteiger partial charge >= 0.3 is 0 Å². The molecule has 0 radical (unpaired) electrons. The van der Waals surface area contributed by atoms with Crippen LogP contribution < -0.4 is 10.3 Å². The number of aromatic nitrogens is 2. The first kappa shape index (κ1) is 18.3. The maximum atomic E-state index is 12.4. The summed E-state index contributed by atoms with van der Waals surface area (Å²) < 4.78 is 16.4. The van der Waals surface area contributed by atoms with Gasteiger partial charge in [-0.05, 0) is 57.8 Å². The minimum atomic E-state index is -1.23. The topological polar surface area (TPSA) is 70.0 Å². The van der Waals surface area contributed by atoms with E-state index in [-0.39, 0.29) is 21.6 Å². The average Bonchev–Trinajstić information content (AvgIpc) is 2.44. The zero-order valence-electron chi connectivity index (χ0n) is 14.2. The molecule has 0 aliphatic heterocycles. The van der Waals surface area contributed by atoms with Crippen LogP contribution in [0.1, 0.15) is 44.9 Å². The minimum absolute atomic E-state index is 0.136. The third-order valence-corrected chi connectivity index (χ3v) is 5.62. The molecule has 1 N–H and O–H groups in total. The predicted molar refractivity (Wildman–Crippen MR) is 96.2 cm³/mol. The molecule has 0 aliphatic rings. The lowest BCUT2D eigenvalue weighted by molar-refractivity contribution is 0.531. The highest BCUT2D eigenvalue weighted by Gasteiger charge is 2.29. The smallest absolute Gasteiger partial charge is 0.262 e. The van der Waals surface area contributed by atoms with E-state index in [1.165, 1.54) is 4.57 Å². The highest BCUT2D eigenvalue weighted by molar-refractivity contribution is 7.90. The van der Waals surface area contributed by atoms with Crippen LogP contribution in [0.5, 0.6) is 0 Å². The largest absolute Gasteiger partial charge is 0.598 e. The van der Waals surface area contributed by atoms with Crippen molar-refractivity contribution in [2.45, 2.75) is 45.4 Å². The van der Waals surface area contributed by atoms with E-state index in [1.54, 1.807) is 13.1 Å². The molecule has 2 aromatic rings. The van der Waals surface area contributed by atoms with Crippen molar-refractivity contribution >= 4 is 33.9 Å². The van der Waals surface area contributed by atoms with E-state index in [0.29, 0.717) is 10.9 Å². The number of halogens is 1. The van der Waals surface area contributed by atoms with Gasteiger partial charge in [-0.25, -0.2) is 4.98 Å². The molecule has 0 saturated heterocycles. The molecule has 0 spiro atoms. The van der Waals surface area contributed by atoms with Gasteiger partial charge in [0.1, 0.15) is 4.75 Å². The Kier molecular flexibility index (Phi) is 5.11. The molecule has 1 heterocycles. The normalized spacial score (nSPS) is 15.0. The summed E-state index contributed by atoms with van der Waals surface area (Å²) in [4.78, 5) is 16.8. The van der Waals surface area contributed by atoms with Gasteiger partial charge in [0.05, 0.1) is 16.9 Å². The monoisotopic (exact) mass is 355 g/mol. The van der Waals surface area contributed by atoms with Crippen molar-refractivity contribution in [2.24, 2.45) is 7.05 Å². The summed E-state index contributed by atoms with van der Waals surface area (Å²) in [5, 5.41) is 0.652. The van der Waals surface area contributed by atoms with Crippen molar-refractivity contribution in [3.8, 4) is 0 Å². The van der Waals surface area contributed by atoms with E-state index in [4.69, 9.17) is 11.6 Å². The summed E-state index contributed by atoms with van der Waals surface area (Å²) >= 11 is 4.83. The second kappa shape index (κ2) is 6.43. The Hall–Kier alpha value is -1.08. The molecule has 0 bridgehead atoms. The molecule has 1 aromatic heterocycles. The zero-order valence-corrected chi connectivity index (χ0v) is 15.8. The molecule has 2 rings (SSSR count). The molecule has 0 amide bonds. The van der Waals surface area contributed by atoms with Gasteiger partial charge in [0, 0.05) is 24.0 Å². The summed E-state index contributed by atoms with van der Waals surface area (Å²) in [5.74, 6) is 0. The van der Waals surface area contributed by atoms with E-state index in [9.17, 15) is 9.35 Å². The number of nitrogens with zero attached hydrogens (tertiary/aromatic N) is 2. The van der Waals surface area contributed by atoms with Crippen molar-refractivity contribution in [3.05, 3.63) is 38.9 Å². The van der Waals surface area contributed by atoms with Gasteiger partial charge in [0.2, 0.25) is 5.28 Å². The van der Waals surface area contributed by atoms with Crippen LogP contribution in [0.2, 0.25) is 5.28 Å². The maximum Gasteiger partial charge on any atom is 0.262 e. The van der Waals surface area contributed by atoms with Gasteiger partial charge in [-0.1, -0.05) is 6.07 Å². The Morgan fingerprint density at radius 1 is 1.39 bits per heavy atom. The van der Waals surface area contributed by atoms with Crippen molar-refractivity contribution in [1.29, 1.82) is 0 Å². The first-order chi connectivity index (χ1) is 10.5. The molecule has 126 valence electrons. The Morgan fingerprint density at radius 2 is 2.00 bits per heavy atom. The molecule has 1 unspecified atom stereocenters. The zero-order chi connectivity index (χ0) is 17.5. The fraction of sp³-hybridized carbons (Fsp3) is 0.500. The number of hydrogen-bond acceptors (Lipinski definition) is 4. The van der Waals surface area contributed by atoms with Gasteiger partial charge in [-0.15, -0.1) is 4.72 Å². The number of rotatable bonds is 3. The fourth-order valence-electron chi connectivity index (χ4n) is 2.26. The van der Waals surface area contributed by atoms with Gasteiger partial charge in [0.15, 0.2) is 0 Å². The molecule has 0 saturated carbocycles. The number of hydrogen-bond donors (Lipinski definition) is 1. The first-order valence-corrected chi connectivity index (χ1v) is 8.90. The molecule has 0 aliphatic carbocycles. The lowest BCUT2D eigenvalue weighted by Gasteiger charge is -2.27. The number of nitrogens with one attached hydrogen (secondary N) is 1. The number of benzene rings is 1. The van der Waals surface area contributed by atoms with Crippen molar-refractivity contribution in [1.82, 2.24) is 14.3 Å². The van der Waals surface area contributed by atoms with Crippen molar-refractivity contribution < 1.29 is 4.55 Å². The molecule has 5 nitrogen and oxygen atoms in total. The van der Waals surface area contributed by atoms with E-state index in [1.807, 2.05) is 40.7 Å². The van der Waals surface area contributed by atoms with Crippen LogP contribution in [-0.2, 0) is 18.4 Å². The van der Waals surface area contributed by atoms with Crippen molar-refractivity contribution in [2.75, 3.05) is 0 Å². The predicted octanol–water partition coefficient (Wildman–Crippen LogP) is 3.01. The SMILES string of the molecule is Cc1cc([C@@H](C)N[S+]([O-])C(C)(C)C)c2nc(Cl)n(C)c(=O)c2c1. The maximum absolute atomic E-state index is 12.4. The summed E-state index contributed by atoms with van der Waals surface area (Å²) in [5.41, 5.74) is 2.13. The Bertz CT molecular complexity index is 798. The van der Waals surface area contributed by atoms with E-state index in [0.717, 1.165) is 11.1 Å². The van der Waals surface area contributed by atoms with Crippen LogP contribution in [0.4, 0.5) is 0 Å². The second-order valence-corrected chi connectivity index (χ2v) is 9.05. The second-order valence-electron chi connectivity index (χ2n) is 6.72. The third kappa shape index (κ3) is 3.71. The van der Waals surface area contributed by atoms with Crippen LogP contribution in [0.3, 0.4) is 0 Å². The molecule has 0 fully saturated rings. The molecule has 23 heavy (non-hydrogen) atoms. The summed E-state index contributed by atoms with van der Waals surface area (Å²) in [7, 11) is 1.59. The summed E-state index contributed by atoms with van der Waals surface area (Å²) in [6.07, 6.45) is 0. The molecular weight excluding hydrogens is 334 g/mol. The van der Waals surface area contributed by atoms with E-state index >= 15 is 0 Å². The van der Waals surface area contributed by atoms with Crippen LogP contribution in [0.15, 0.2) is 16.9 Å². The Balaban J connectivity index is 2.59. The highest BCUT2D eigenvalue weighted by Crippen LogP contribution is 2.26. The molecule has 7 heteroatoms. The number of aryl methyl sites for hydroxylation is 1. The lowest BCUT2D eigenvalue weighted by Crippen LogP contribution is -2.40. The van der Waals surface area contributed by atoms with Gasteiger partial charge in [-0.3, -0.25) is 9.36 Å². The average molecular weight is 356 g/mol. The minimum Gasteiger partial charge on any atom is -0.598 e. The van der Waals surface area contributed by atoms with Crippen LogP contribution >= 0.6 is 11.6 Å². The standard InChI is InChI=1S/C16H22ClN3O2S/c1-9-7-11(10(2)19-23(22)16(3,4)5)13-12(8-9)14(21)20(6)15(17)18-13/h7-8,10,19H,1-6H3/t10-,23?/m1/s1. The Labute approximate surface area is 144 Å². The quantitative estimate of drug-likeness (QED) is 0.678. The fourth-order valence-corrected chi connectivity index (χ4v) is 3.22. The van der Waals surface area contributed by atoms with Crippen LogP contribution in [-0.4, -0.2) is 18.9 Å². The van der Waals surface area contributed by atoms with E-state index in [2.05, 4.69) is 9.71 Å². The van der Waals surface area contributed by atoms with Crippen molar-refractivity contribution in [3.63, 3.8) is 0 Å². The van der Waals surface area contributed by atoms with E-state index < -0.39 is 11.4 Å². The highest BCUT2D eigenvalue weighted by atomic mass is 35.5. The first-order valence-electron chi connectivity index (χ1n) is 7.37. The molecular formula is C16H22ClN3O2S. The van der Waals surface area contributed by atoms with Gasteiger partial charge < -0.3 is 4.55 Å². The Morgan fingerprint density at radius 3 is 2.57 bits per heavy atom. The van der Waals surface area contributed by atoms with Gasteiger partial charge in [-0.2, -0.15) is 0 Å². The number of fused-ring (bicyclic) bond motifs is 1. The van der Waals surface area contributed by atoms with Crippen LogP contribution in [0, 0.1) is 6.92 Å². The summed E-state index contributed by atoms with van der Waals surface area (Å²) in [6.45, 7) is 9.54. The summed E-state index contributed by atoms with van der Waals surface area (Å²) in [6, 6.07) is 3.52. The molecule has 2 atom stereocenters. The lowest BCUT2D eigenvalue weighted by atomic mass is 10.0.